The molecule has 3 rings (SSSR count). The maximum atomic E-state index is 10.9. The molecule has 3 aliphatic rings. The van der Waals surface area contributed by atoms with Crippen molar-refractivity contribution >= 4 is 11.8 Å². The molecule has 0 aromatic heterocycles. The van der Waals surface area contributed by atoms with Gasteiger partial charge in [-0.15, -0.1) is 0 Å². The van der Waals surface area contributed by atoms with E-state index in [1.807, 2.05) is 11.8 Å². The predicted molar refractivity (Wildman–Crippen MR) is 71.3 cm³/mol. The van der Waals surface area contributed by atoms with Gasteiger partial charge in [0.05, 0.1) is 11.2 Å². The molecule has 3 fully saturated rings. The number of thioether (sulfide) groups is 1. The summed E-state index contributed by atoms with van der Waals surface area (Å²) < 4.78 is 6.06. The zero-order valence-electron chi connectivity index (χ0n) is 10.8. The molecule has 2 aliphatic heterocycles. The number of aliphatic hydroxyl groups is 1. The molecule has 0 aromatic carbocycles. The van der Waals surface area contributed by atoms with Crippen LogP contribution in [-0.4, -0.2) is 34.4 Å². The van der Waals surface area contributed by atoms with E-state index in [2.05, 4.69) is 6.92 Å². The first kappa shape index (κ1) is 12.3. The monoisotopic (exact) mass is 256 g/mol. The highest BCUT2D eigenvalue weighted by atomic mass is 32.2. The third-order valence-corrected chi connectivity index (χ3v) is 6.32. The van der Waals surface area contributed by atoms with E-state index in [9.17, 15) is 5.11 Å². The molecule has 17 heavy (non-hydrogen) atoms. The van der Waals surface area contributed by atoms with E-state index in [1.54, 1.807) is 0 Å². The van der Waals surface area contributed by atoms with Crippen molar-refractivity contribution in [1.82, 2.24) is 0 Å². The Bertz CT molecular complexity index is 288. The highest BCUT2D eigenvalue weighted by Gasteiger charge is 2.49. The van der Waals surface area contributed by atoms with Gasteiger partial charge in [-0.3, -0.25) is 0 Å². The minimum Gasteiger partial charge on any atom is -0.390 e. The Labute approximate surface area is 108 Å². The van der Waals surface area contributed by atoms with Crippen LogP contribution in [0, 0.1) is 11.8 Å². The number of hydrogen-bond acceptors (Lipinski definition) is 3. The van der Waals surface area contributed by atoms with Gasteiger partial charge < -0.3 is 9.84 Å². The molecule has 2 nitrogen and oxygen atoms in total. The normalized spacial score (nSPS) is 51.2. The van der Waals surface area contributed by atoms with Crippen molar-refractivity contribution in [3.8, 4) is 0 Å². The second-order valence-corrected chi connectivity index (χ2v) is 7.58. The van der Waals surface area contributed by atoms with Gasteiger partial charge in [-0.05, 0) is 56.1 Å². The van der Waals surface area contributed by atoms with Crippen molar-refractivity contribution < 1.29 is 9.84 Å². The Hall–Kier alpha value is 0.270. The molecule has 1 spiro atoms. The van der Waals surface area contributed by atoms with Gasteiger partial charge in [0.1, 0.15) is 0 Å². The van der Waals surface area contributed by atoms with Crippen LogP contribution in [0.5, 0.6) is 0 Å². The average molecular weight is 256 g/mol. The molecule has 4 atom stereocenters. The number of rotatable bonds is 1. The summed E-state index contributed by atoms with van der Waals surface area (Å²) in [6.45, 7) is 3.14. The first-order chi connectivity index (χ1) is 8.12. The maximum absolute atomic E-state index is 10.9. The molecular formula is C14H24O2S. The molecule has 1 saturated carbocycles. The quantitative estimate of drug-likeness (QED) is 0.782. The Morgan fingerprint density at radius 2 is 2.12 bits per heavy atom. The summed E-state index contributed by atoms with van der Waals surface area (Å²) in [5, 5.41) is 10.9. The van der Waals surface area contributed by atoms with Crippen LogP contribution in [0.1, 0.15) is 45.4 Å². The van der Waals surface area contributed by atoms with E-state index >= 15 is 0 Å². The highest BCUT2D eigenvalue weighted by Crippen LogP contribution is 2.48. The molecule has 98 valence electrons. The summed E-state index contributed by atoms with van der Waals surface area (Å²) in [5.74, 6) is 3.58. The van der Waals surface area contributed by atoms with E-state index in [0.29, 0.717) is 11.8 Å². The Morgan fingerprint density at radius 3 is 2.76 bits per heavy atom. The molecule has 3 heteroatoms. The lowest BCUT2D eigenvalue weighted by atomic mass is 9.74. The van der Waals surface area contributed by atoms with Gasteiger partial charge in [-0.1, -0.05) is 6.92 Å². The smallest absolute Gasteiger partial charge is 0.0784 e. The van der Waals surface area contributed by atoms with Gasteiger partial charge in [0, 0.05) is 12.4 Å². The fourth-order valence-corrected chi connectivity index (χ4v) is 5.40. The lowest BCUT2D eigenvalue weighted by molar-refractivity contribution is -0.130. The topological polar surface area (TPSA) is 29.5 Å². The van der Waals surface area contributed by atoms with Gasteiger partial charge in [-0.2, -0.15) is 11.8 Å². The standard InChI is InChI=1S/C14H24O2S/c1-11-2-4-14(15,8-11)12-3-6-16-13(9-12)5-7-17-10-13/h11-12,15H,2-10H2,1H3. The Kier molecular flexibility index (Phi) is 3.21. The molecule has 1 aliphatic carbocycles. The molecular weight excluding hydrogens is 232 g/mol. The van der Waals surface area contributed by atoms with E-state index in [4.69, 9.17) is 4.74 Å². The SMILES string of the molecule is CC1CCC(O)(C2CCOC3(CCSC3)C2)C1. The fraction of sp³-hybridized carbons (Fsp3) is 1.00. The summed E-state index contributed by atoms with van der Waals surface area (Å²) in [4.78, 5) is 0. The molecule has 0 bridgehead atoms. The van der Waals surface area contributed by atoms with Crippen molar-refractivity contribution in [3.05, 3.63) is 0 Å². The van der Waals surface area contributed by atoms with Crippen molar-refractivity contribution in [2.45, 2.75) is 56.7 Å². The Balaban J connectivity index is 1.71. The molecule has 2 heterocycles. The summed E-state index contributed by atoms with van der Waals surface area (Å²) in [5.41, 5.74) is -0.251. The predicted octanol–water partition coefficient (Wildman–Crippen LogP) is 2.84. The second-order valence-electron chi connectivity index (χ2n) is 6.48. The van der Waals surface area contributed by atoms with Gasteiger partial charge >= 0.3 is 0 Å². The van der Waals surface area contributed by atoms with E-state index in [0.717, 1.165) is 38.0 Å². The van der Waals surface area contributed by atoms with Crippen LogP contribution in [0.15, 0.2) is 0 Å². The van der Waals surface area contributed by atoms with E-state index in [1.165, 1.54) is 18.6 Å². The van der Waals surface area contributed by atoms with Gasteiger partial charge in [-0.25, -0.2) is 0 Å². The van der Waals surface area contributed by atoms with Crippen molar-refractivity contribution in [2.24, 2.45) is 11.8 Å². The second kappa shape index (κ2) is 4.43. The van der Waals surface area contributed by atoms with Crippen LogP contribution < -0.4 is 0 Å². The minimum atomic E-state index is -0.372. The van der Waals surface area contributed by atoms with Gasteiger partial charge in [0.25, 0.3) is 0 Å². The van der Waals surface area contributed by atoms with Crippen molar-refractivity contribution in [3.63, 3.8) is 0 Å². The maximum Gasteiger partial charge on any atom is 0.0784 e. The lowest BCUT2D eigenvalue weighted by Gasteiger charge is -2.43. The zero-order chi connectivity index (χ0) is 11.9. The Morgan fingerprint density at radius 1 is 1.24 bits per heavy atom. The summed E-state index contributed by atoms with van der Waals surface area (Å²) in [6, 6.07) is 0. The van der Waals surface area contributed by atoms with Crippen molar-refractivity contribution in [1.29, 1.82) is 0 Å². The van der Waals surface area contributed by atoms with Crippen LogP contribution in [0.3, 0.4) is 0 Å². The number of hydrogen-bond donors (Lipinski definition) is 1. The summed E-state index contributed by atoms with van der Waals surface area (Å²) >= 11 is 2.02. The van der Waals surface area contributed by atoms with Crippen molar-refractivity contribution in [2.75, 3.05) is 18.1 Å². The molecule has 0 amide bonds. The third kappa shape index (κ3) is 2.26. The van der Waals surface area contributed by atoms with Crippen LogP contribution in [0.2, 0.25) is 0 Å². The molecule has 4 unspecified atom stereocenters. The minimum absolute atomic E-state index is 0.120. The molecule has 0 aromatic rings. The van der Waals surface area contributed by atoms with Crippen LogP contribution in [0.4, 0.5) is 0 Å². The van der Waals surface area contributed by atoms with Crippen LogP contribution in [-0.2, 0) is 4.74 Å². The number of ether oxygens (including phenoxy) is 1. The van der Waals surface area contributed by atoms with E-state index in [-0.39, 0.29) is 11.2 Å². The molecule has 1 N–H and O–H groups in total. The zero-order valence-corrected chi connectivity index (χ0v) is 11.6. The van der Waals surface area contributed by atoms with Crippen LogP contribution in [0.25, 0.3) is 0 Å². The van der Waals surface area contributed by atoms with E-state index < -0.39 is 0 Å². The molecule has 0 radical (unpaired) electrons. The molecule has 2 saturated heterocycles. The first-order valence-corrected chi connectivity index (χ1v) is 8.22. The lowest BCUT2D eigenvalue weighted by Crippen LogP contribution is -2.47. The first-order valence-electron chi connectivity index (χ1n) is 7.06. The third-order valence-electron chi connectivity index (χ3n) is 5.09. The summed E-state index contributed by atoms with van der Waals surface area (Å²) in [6.07, 6.45) is 6.59. The van der Waals surface area contributed by atoms with Crippen LogP contribution >= 0.6 is 11.8 Å². The highest BCUT2D eigenvalue weighted by molar-refractivity contribution is 7.99. The fourth-order valence-electron chi connectivity index (χ4n) is 4.02. The average Bonchev–Trinajstić information content (AvgIpc) is 2.88. The van der Waals surface area contributed by atoms with Gasteiger partial charge in [0.2, 0.25) is 0 Å². The summed E-state index contributed by atoms with van der Waals surface area (Å²) in [7, 11) is 0. The largest absolute Gasteiger partial charge is 0.390 e. The van der Waals surface area contributed by atoms with Gasteiger partial charge in [0.15, 0.2) is 0 Å².